The Labute approximate surface area is 399 Å². The van der Waals surface area contributed by atoms with Crippen LogP contribution in [0.4, 0.5) is 0 Å². The summed E-state index contributed by atoms with van der Waals surface area (Å²) in [5.41, 5.74) is 3.67. The van der Waals surface area contributed by atoms with Gasteiger partial charge >= 0.3 is 5.97 Å². The van der Waals surface area contributed by atoms with E-state index in [1.165, 1.54) is 12.1 Å². The number of carboxylic acid groups (broad SMARTS) is 1. The van der Waals surface area contributed by atoms with Crippen LogP contribution in [0.5, 0.6) is 0 Å². The number of Topliss-reactive ketones (excluding diaryl/α,β-unsaturated/α-hetero) is 2. The molecule has 10 aliphatic carbocycles. The average molecular weight is 987 g/mol. The maximum Gasteiger partial charge on any atom is 0.309 e. The van der Waals surface area contributed by atoms with Crippen LogP contribution < -0.4 is 15.2 Å². The van der Waals surface area contributed by atoms with Gasteiger partial charge in [-0.25, -0.2) is 16.8 Å². The maximum absolute atomic E-state index is 13.8. The highest BCUT2D eigenvalue weighted by molar-refractivity contribution is 7.90. The normalized spacial score (nSPS) is 34.5. The predicted octanol–water partition coefficient (Wildman–Crippen LogP) is 8.85. The van der Waals surface area contributed by atoms with Crippen molar-refractivity contribution in [3.05, 3.63) is 57.6 Å². The molecule has 360 valence electrons. The number of benzene rings is 2. The van der Waals surface area contributed by atoms with Gasteiger partial charge in [-0.2, -0.15) is 9.44 Å². The number of nitrogens with one attached hydrogen (secondary N) is 2. The van der Waals surface area contributed by atoms with Crippen molar-refractivity contribution in [3.8, 4) is 0 Å². The third-order valence-corrected chi connectivity index (χ3v) is 22.6. The molecule has 1 amide bonds. The predicted molar refractivity (Wildman–Crippen MR) is 250 cm³/mol. The number of ketones is 2. The first-order valence-electron chi connectivity index (χ1n) is 24.3. The molecule has 4 unspecified atom stereocenters. The summed E-state index contributed by atoms with van der Waals surface area (Å²) in [5, 5.41) is 10.7. The van der Waals surface area contributed by atoms with Gasteiger partial charge in [0, 0.05) is 28.3 Å². The molecule has 0 saturated heterocycles. The monoisotopic (exact) mass is 985 g/mol. The van der Waals surface area contributed by atoms with Crippen molar-refractivity contribution in [2.45, 2.75) is 163 Å². The van der Waals surface area contributed by atoms with Crippen LogP contribution in [0, 0.1) is 72.0 Å². The van der Waals surface area contributed by atoms with E-state index >= 15 is 0 Å². The van der Waals surface area contributed by atoms with Crippen molar-refractivity contribution in [1.29, 1.82) is 0 Å². The van der Waals surface area contributed by atoms with Crippen LogP contribution in [0.3, 0.4) is 0 Å². The summed E-state index contributed by atoms with van der Waals surface area (Å²) in [6, 6.07) is 9.62. The third kappa shape index (κ3) is 8.51. The largest absolute Gasteiger partial charge is 0.481 e. The highest BCUT2D eigenvalue weighted by Crippen LogP contribution is 2.64. The van der Waals surface area contributed by atoms with Crippen LogP contribution in [0.2, 0.25) is 10.0 Å². The highest BCUT2D eigenvalue weighted by atomic mass is 35.5. The number of primary amides is 1. The lowest BCUT2D eigenvalue weighted by Crippen LogP contribution is -2.58. The number of aliphatic carboxylic acids is 1. The molecular formula is C50H65Cl2N3O9S2. The Morgan fingerprint density at radius 1 is 0.606 bits per heavy atom. The van der Waals surface area contributed by atoms with Gasteiger partial charge in [0.05, 0.1) is 26.3 Å². The molecule has 12 nitrogen and oxygen atoms in total. The zero-order valence-electron chi connectivity index (χ0n) is 38.1. The van der Waals surface area contributed by atoms with Crippen molar-refractivity contribution in [2.75, 3.05) is 0 Å². The van der Waals surface area contributed by atoms with Gasteiger partial charge in [-0.15, -0.1) is 0 Å². The minimum absolute atomic E-state index is 0.00820. The average Bonchev–Trinajstić information content (AvgIpc) is 3.93. The number of hydrogen-bond acceptors (Lipinski definition) is 8. The molecule has 66 heavy (non-hydrogen) atoms. The zero-order valence-corrected chi connectivity index (χ0v) is 41.2. The SMILES string of the molecule is Cc1c(Cl)cccc1S(=O)(=O)NC1(C(=O)CC2C3CC4CC2CC(C(=O)O)(C4)C3)CCCC1.Cc1c(Cl)cccc1S(=O)(=O)NC1(C(=O)CC2C3CC4CC2CC(C(N)=O)(C4)C3)CCCC1. The van der Waals surface area contributed by atoms with Gasteiger partial charge in [-0.05, 0) is 186 Å². The fourth-order valence-corrected chi connectivity index (χ4v) is 19.4. The summed E-state index contributed by atoms with van der Waals surface area (Å²) in [4.78, 5) is 52.1. The number of sulfonamides is 2. The van der Waals surface area contributed by atoms with Crippen molar-refractivity contribution in [3.63, 3.8) is 0 Å². The van der Waals surface area contributed by atoms with E-state index in [0.717, 1.165) is 77.0 Å². The van der Waals surface area contributed by atoms with Crippen molar-refractivity contribution >= 4 is 66.7 Å². The Kier molecular flexibility index (Phi) is 12.8. The van der Waals surface area contributed by atoms with E-state index in [1.54, 1.807) is 38.1 Å². The first-order valence-corrected chi connectivity index (χ1v) is 28.0. The van der Waals surface area contributed by atoms with Gasteiger partial charge in [-0.3, -0.25) is 19.2 Å². The first kappa shape index (κ1) is 48.2. The summed E-state index contributed by atoms with van der Waals surface area (Å²) in [5.74, 6) is 1.67. The van der Waals surface area contributed by atoms with Crippen molar-refractivity contribution in [1.82, 2.24) is 9.44 Å². The molecule has 5 N–H and O–H groups in total. The number of hydrogen-bond donors (Lipinski definition) is 4. The summed E-state index contributed by atoms with van der Waals surface area (Å²) in [6.07, 6.45) is 14.8. The molecule has 10 aliphatic rings. The standard InChI is InChI=1S/C25H33ClN2O4S.C25H32ClNO5S/c1-15-20(26)5-4-6-21(15)33(31,32)28-25(7-2-3-8-25)22(29)11-19-17-9-16-10-18(19)14-24(12-16,13-17)23(27)30;1-15-20(26)5-4-6-21(15)33(31,32)27-25(7-2-3-8-25)22(28)11-19-17-9-16-10-18(19)14-24(12-16,13-17)23(29)30/h4-6,16-19,28H,2-3,7-14H2,1H3,(H2,27,30);4-6,16-19,27H,2-3,7-14H2,1H3,(H,29,30). The van der Waals surface area contributed by atoms with Gasteiger partial charge in [0.15, 0.2) is 11.6 Å². The molecule has 0 aliphatic heterocycles. The van der Waals surface area contributed by atoms with E-state index in [2.05, 4.69) is 9.44 Å². The molecule has 0 aromatic heterocycles. The van der Waals surface area contributed by atoms with E-state index in [4.69, 9.17) is 28.9 Å². The minimum atomic E-state index is -3.92. The molecule has 2 aromatic carbocycles. The number of nitrogens with two attached hydrogens (primary N) is 1. The van der Waals surface area contributed by atoms with Gasteiger partial charge in [-0.1, -0.05) is 61.0 Å². The van der Waals surface area contributed by atoms with Crippen LogP contribution in [-0.2, 0) is 39.2 Å². The fourth-order valence-electron chi connectivity index (χ4n) is 15.5. The van der Waals surface area contributed by atoms with E-state index in [-0.39, 0.29) is 56.4 Å². The van der Waals surface area contributed by atoms with Gasteiger partial charge in [0.1, 0.15) is 0 Å². The Balaban J connectivity index is 0.000000166. The Morgan fingerprint density at radius 3 is 1.30 bits per heavy atom. The second kappa shape index (κ2) is 17.5. The smallest absolute Gasteiger partial charge is 0.309 e. The molecule has 2 aromatic rings. The molecule has 10 saturated carbocycles. The van der Waals surface area contributed by atoms with Crippen LogP contribution in [0.1, 0.15) is 140 Å². The molecule has 4 atom stereocenters. The van der Waals surface area contributed by atoms with Crippen molar-refractivity contribution in [2.24, 2.45) is 63.9 Å². The van der Waals surface area contributed by atoms with Crippen LogP contribution in [-0.4, -0.2) is 56.5 Å². The highest BCUT2D eigenvalue weighted by Gasteiger charge is 2.61. The minimum Gasteiger partial charge on any atom is -0.481 e. The van der Waals surface area contributed by atoms with Gasteiger partial charge in [0.2, 0.25) is 26.0 Å². The van der Waals surface area contributed by atoms with Crippen LogP contribution in [0.15, 0.2) is 46.2 Å². The van der Waals surface area contributed by atoms with E-state index in [9.17, 15) is 41.1 Å². The number of carbonyl (C=O) groups is 4. The molecule has 0 spiro atoms. The van der Waals surface area contributed by atoms with E-state index < -0.39 is 42.5 Å². The Hall–Kier alpha value is -2.88. The van der Waals surface area contributed by atoms with Crippen LogP contribution in [0.25, 0.3) is 0 Å². The molecule has 10 fully saturated rings. The van der Waals surface area contributed by atoms with E-state index in [1.807, 2.05) is 0 Å². The Bertz CT molecular complexity index is 2330. The molecule has 16 heteroatoms. The number of rotatable bonds is 14. The lowest BCUT2D eigenvalue weighted by atomic mass is 9.45. The zero-order chi connectivity index (χ0) is 47.2. The maximum atomic E-state index is 13.8. The number of halogens is 2. The van der Waals surface area contributed by atoms with E-state index in [0.29, 0.717) is 96.2 Å². The lowest BCUT2D eigenvalue weighted by molar-refractivity contribution is -0.171. The van der Waals surface area contributed by atoms with Gasteiger partial charge < -0.3 is 10.8 Å². The number of carbonyl (C=O) groups excluding carboxylic acids is 3. The molecule has 8 bridgehead atoms. The number of amides is 1. The molecule has 0 radical (unpaired) electrons. The summed E-state index contributed by atoms with van der Waals surface area (Å²) in [6.45, 7) is 3.36. The lowest BCUT2D eigenvalue weighted by Gasteiger charge is -2.59. The van der Waals surface area contributed by atoms with Crippen molar-refractivity contribution < 1.29 is 41.1 Å². The van der Waals surface area contributed by atoms with Crippen LogP contribution >= 0.6 is 23.2 Å². The molecule has 0 heterocycles. The number of carboxylic acids is 1. The Morgan fingerprint density at radius 2 is 0.955 bits per heavy atom. The summed E-state index contributed by atoms with van der Waals surface area (Å²) >= 11 is 12.3. The second-order valence-corrected chi connectivity index (χ2v) is 26.4. The third-order valence-electron chi connectivity index (χ3n) is 18.4. The molecular weight excluding hydrogens is 922 g/mol. The summed E-state index contributed by atoms with van der Waals surface area (Å²) < 4.78 is 59.0. The first-order chi connectivity index (χ1) is 31.1. The van der Waals surface area contributed by atoms with Gasteiger partial charge in [0.25, 0.3) is 0 Å². The fraction of sp³-hybridized carbons (Fsp3) is 0.680. The quantitative estimate of drug-likeness (QED) is 0.142. The molecule has 12 rings (SSSR count). The second-order valence-electron chi connectivity index (χ2n) is 22.3. The topological polar surface area (TPSA) is 207 Å². The summed E-state index contributed by atoms with van der Waals surface area (Å²) in [7, 11) is -7.81.